The Hall–Kier alpha value is -0.0900. The van der Waals surface area contributed by atoms with Gasteiger partial charge in [-0.2, -0.15) is 10.6 Å². The molecule has 0 aliphatic carbocycles. The number of ether oxygens (including phenoxy) is 1. The molecule has 1 aliphatic rings. The van der Waals surface area contributed by atoms with Crippen LogP contribution in [0.3, 0.4) is 0 Å². The third-order valence-corrected chi connectivity index (χ3v) is 4.31. The van der Waals surface area contributed by atoms with Crippen molar-refractivity contribution in [2.45, 2.75) is 51.3 Å². The first-order chi connectivity index (χ1) is 6.91. The highest BCUT2D eigenvalue weighted by molar-refractivity contribution is 7.76. The van der Waals surface area contributed by atoms with Crippen molar-refractivity contribution in [3.05, 3.63) is 0 Å². The van der Waals surface area contributed by atoms with E-state index in [2.05, 4.69) is 11.3 Å². The summed E-state index contributed by atoms with van der Waals surface area (Å²) in [5.74, 6) is 0.546. The fraction of sp³-hybridized carbons (Fsp3) is 1.00. The normalized spacial score (nSPS) is 24.0. The fourth-order valence-electron chi connectivity index (χ4n) is 1.59. The molecule has 0 amide bonds. The Kier molecular flexibility index (Phi) is 4.59. The van der Waals surface area contributed by atoms with Crippen molar-refractivity contribution in [2.75, 3.05) is 13.2 Å². The van der Waals surface area contributed by atoms with Gasteiger partial charge in [0.1, 0.15) is 0 Å². The van der Waals surface area contributed by atoms with Crippen molar-refractivity contribution in [3.8, 4) is 0 Å². The summed E-state index contributed by atoms with van der Waals surface area (Å²) in [6, 6.07) is 0.189. The van der Waals surface area contributed by atoms with Crippen LogP contribution in [0.1, 0.15) is 40.5 Å². The topological polar surface area (TPSA) is 38.7 Å². The van der Waals surface area contributed by atoms with Crippen molar-refractivity contribution in [2.24, 2.45) is 10.3 Å². The van der Waals surface area contributed by atoms with Gasteiger partial charge in [-0.3, -0.25) is 0 Å². The van der Waals surface area contributed by atoms with E-state index in [1.165, 1.54) is 0 Å². The first-order valence-electron chi connectivity index (χ1n) is 5.62. The van der Waals surface area contributed by atoms with Crippen molar-refractivity contribution < 1.29 is 8.95 Å². The predicted molar refractivity (Wildman–Crippen MR) is 63.2 cm³/mol. The van der Waals surface area contributed by atoms with Gasteiger partial charge in [-0.1, -0.05) is 25.5 Å². The first kappa shape index (κ1) is 13.0. The van der Waals surface area contributed by atoms with E-state index in [-0.39, 0.29) is 10.8 Å². The smallest absolute Gasteiger partial charge is 0.0469 e. The van der Waals surface area contributed by atoms with Gasteiger partial charge in [0, 0.05) is 19.3 Å². The highest BCUT2D eigenvalue weighted by Crippen LogP contribution is 2.22. The van der Waals surface area contributed by atoms with E-state index in [0.29, 0.717) is 5.92 Å². The molecule has 0 aromatic heterocycles. The van der Waals surface area contributed by atoms with Gasteiger partial charge in [-0.15, -0.1) is 0 Å². The lowest BCUT2D eigenvalue weighted by Gasteiger charge is -2.30. The van der Waals surface area contributed by atoms with Gasteiger partial charge in [0.25, 0.3) is 0 Å². The molecule has 0 N–H and O–H groups in total. The van der Waals surface area contributed by atoms with Crippen LogP contribution in [-0.2, 0) is 19.5 Å². The van der Waals surface area contributed by atoms with Gasteiger partial charge in [-0.25, -0.2) is 0 Å². The van der Waals surface area contributed by atoms with Crippen LogP contribution >= 0.6 is 0 Å². The van der Waals surface area contributed by atoms with Crippen LogP contribution in [0, 0.1) is 5.92 Å². The fourth-order valence-corrected chi connectivity index (χ4v) is 2.38. The van der Waals surface area contributed by atoms with Crippen LogP contribution in [0.25, 0.3) is 0 Å². The Morgan fingerprint density at radius 2 is 1.87 bits per heavy atom. The molecule has 1 unspecified atom stereocenters. The van der Waals surface area contributed by atoms with Crippen LogP contribution in [-0.4, -0.2) is 24.0 Å². The molecule has 1 aliphatic heterocycles. The molecule has 1 rings (SSSR count). The van der Waals surface area contributed by atoms with Gasteiger partial charge in [0.05, 0.1) is 0 Å². The summed E-state index contributed by atoms with van der Waals surface area (Å²) in [4.78, 5) is 0. The summed E-state index contributed by atoms with van der Waals surface area (Å²) in [5, 5.41) is 0. The lowest BCUT2D eigenvalue weighted by atomic mass is 9.94. The molecule has 0 bridgehead atoms. The molecular weight excluding hydrogens is 210 g/mol. The number of rotatable bonds is 2. The van der Waals surface area contributed by atoms with E-state index in [0.717, 1.165) is 26.1 Å². The lowest BCUT2D eigenvalue weighted by molar-refractivity contribution is 0.0607. The summed E-state index contributed by atoms with van der Waals surface area (Å²) in [6.07, 6.45) is 2.10. The summed E-state index contributed by atoms with van der Waals surface area (Å²) in [5.41, 5.74) is 0. The Labute approximate surface area is 94.8 Å². The molecule has 0 aromatic rings. The maximum absolute atomic E-state index is 11.8. The van der Waals surface area contributed by atoms with Gasteiger partial charge in [-0.05, 0) is 25.7 Å². The Balaban J connectivity index is 2.60. The predicted octanol–water partition coefficient (Wildman–Crippen LogP) is 2.75. The first-order valence-corrected chi connectivity index (χ1v) is 6.72. The van der Waals surface area contributed by atoms with Crippen LogP contribution < -0.4 is 0 Å². The molecule has 0 radical (unpaired) electrons. The summed E-state index contributed by atoms with van der Waals surface area (Å²) in [7, 11) is -1.08. The average Bonchev–Trinajstić information content (AvgIpc) is 2.17. The van der Waals surface area contributed by atoms with Crippen molar-refractivity contribution in [3.63, 3.8) is 0 Å². The highest BCUT2D eigenvalue weighted by Gasteiger charge is 2.18. The molecule has 0 spiro atoms. The number of hydrogen-bond donors (Lipinski definition) is 0. The van der Waals surface area contributed by atoms with E-state index in [1.807, 2.05) is 20.8 Å². The third kappa shape index (κ3) is 4.11. The quantitative estimate of drug-likeness (QED) is 0.687. The van der Waals surface area contributed by atoms with Crippen LogP contribution in [0.5, 0.6) is 0 Å². The van der Waals surface area contributed by atoms with E-state index in [4.69, 9.17) is 4.74 Å². The molecule has 4 heteroatoms. The summed E-state index contributed by atoms with van der Waals surface area (Å²) >= 11 is 0. The zero-order valence-corrected chi connectivity index (χ0v) is 11.0. The largest absolute Gasteiger partial charge is 0.444 e. The molecule has 15 heavy (non-hydrogen) atoms. The van der Waals surface area contributed by atoms with Crippen molar-refractivity contribution in [1.29, 1.82) is 0 Å². The zero-order chi connectivity index (χ0) is 11.5. The summed E-state index contributed by atoms with van der Waals surface area (Å²) < 4.78 is 21.3. The second kappa shape index (κ2) is 5.30. The SMILES string of the molecule is CC(N=[S-](=O)C(C)(C)C)C1CCOCC1. The maximum Gasteiger partial charge on any atom is 0.0469 e. The Bertz CT molecular complexity index is 271. The lowest BCUT2D eigenvalue weighted by Crippen LogP contribution is -2.25. The van der Waals surface area contributed by atoms with Gasteiger partial charge in [0.2, 0.25) is 0 Å². The molecule has 1 heterocycles. The average molecular weight is 232 g/mol. The Morgan fingerprint density at radius 1 is 1.33 bits per heavy atom. The van der Waals surface area contributed by atoms with Crippen molar-refractivity contribution >= 4 is 10.6 Å². The van der Waals surface area contributed by atoms with Gasteiger partial charge >= 0.3 is 0 Å². The minimum Gasteiger partial charge on any atom is -0.444 e. The second-order valence-electron chi connectivity index (χ2n) is 5.16. The van der Waals surface area contributed by atoms with Crippen LogP contribution in [0.15, 0.2) is 4.36 Å². The van der Waals surface area contributed by atoms with Gasteiger partial charge < -0.3 is 13.3 Å². The van der Waals surface area contributed by atoms with Crippen molar-refractivity contribution in [1.82, 2.24) is 0 Å². The second-order valence-corrected chi connectivity index (χ2v) is 7.09. The standard InChI is InChI=1S/C11H22NO2S/c1-9(10-5-7-14-8-6-10)12-15(13)11(2,3)4/h9-10H,5-8H2,1-4H3/q-1. The maximum atomic E-state index is 11.8. The highest BCUT2D eigenvalue weighted by atomic mass is 32.2. The van der Waals surface area contributed by atoms with E-state index in [1.54, 1.807) is 0 Å². The minimum absolute atomic E-state index is 0.189. The molecule has 0 aromatic carbocycles. The number of hydrogen-bond acceptors (Lipinski definition) is 4. The Morgan fingerprint density at radius 3 is 2.33 bits per heavy atom. The van der Waals surface area contributed by atoms with Crippen LogP contribution in [0.2, 0.25) is 0 Å². The molecule has 90 valence electrons. The molecule has 1 fully saturated rings. The molecule has 0 saturated carbocycles. The van der Waals surface area contributed by atoms with Crippen LogP contribution in [0.4, 0.5) is 0 Å². The third-order valence-electron chi connectivity index (χ3n) is 2.73. The molecule has 1 atom stereocenters. The molecular formula is C11H22NO2S-. The summed E-state index contributed by atoms with van der Waals surface area (Å²) in [6.45, 7) is 9.61. The van der Waals surface area contributed by atoms with E-state index in [9.17, 15) is 4.21 Å². The zero-order valence-electron chi connectivity index (χ0n) is 10.2. The minimum atomic E-state index is -1.08. The number of nitrogens with zero attached hydrogens (tertiary/aromatic N) is 1. The van der Waals surface area contributed by atoms with E-state index >= 15 is 0 Å². The monoisotopic (exact) mass is 232 g/mol. The molecule has 1 saturated heterocycles. The molecule has 3 nitrogen and oxygen atoms in total. The van der Waals surface area contributed by atoms with E-state index < -0.39 is 10.6 Å². The van der Waals surface area contributed by atoms with Gasteiger partial charge in [0.15, 0.2) is 0 Å².